The fraction of sp³-hybridized carbons (Fsp3) is 0. The maximum atomic E-state index is 3.87. The first-order chi connectivity index (χ1) is 2.89. The first-order valence-electron chi connectivity index (χ1n) is 1.53. The summed E-state index contributed by atoms with van der Waals surface area (Å²) in [5.41, 5.74) is 1.86. The van der Waals surface area contributed by atoms with E-state index < -0.39 is 0 Å². The Morgan fingerprint density at radius 3 is 2.83 bits per heavy atom. The molecule has 1 rings (SSSR count). The van der Waals surface area contributed by atoms with Crippen LogP contribution in [0.25, 0.3) is 0 Å². The molecule has 0 aromatic carbocycles. The van der Waals surface area contributed by atoms with Gasteiger partial charge in [0.05, 0.1) is 0 Å². The Labute approximate surface area is 53.5 Å². The van der Waals surface area contributed by atoms with Gasteiger partial charge < -0.3 is 0 Å². The Kier molecular flexibility index (Phi) is 1.47. The Morgan fingerprint density at radius 2 is 2.67 bits per heavy atom. The van der Waals surface area contributed by atoms with Crippen LogP contribution in [0.2, 0.25) is 0 Å². The van der Waals surface area contributed by atoms with Crippen LogP contribution >= 0.6 is 11.3 Å². The summed E-state index contributed by atoms with van der Waals surface area (Å²) >= 11 is 2.93. The van der Waals surface area contributed by atoms with Crippen molar-refractivity contribution in [3.63, 3.8) is 0 Å². The number of thiazole rings is 1. The van der Waals surface area contributed by atoms with Crippen LogP contribution in [0.15, 0.2) is 11.7 Å². The molecule has 0 fully saturated rings. The predicted molar refractivity (Wildman–Crippen MR) is 28.9 cm³/mol. The van der Waals surface area contributed by atoms with Crippen LogP contribution in [-0.2, 0) is 0 Å². The van der Waals surface area contributed by atoms with Crippen LogP contribution in [0, 0.1) is 0 Å². The van der Waals surface area contributed by atoms with Crippen molar-refractivity contribution in [3.05, 3.63) is 11.7 Å². The Morgan fingerprint density at radius 1 is 1.83 bits per heavy atom. The monoisotopic (exact) mass is 205 g/mol. The zero-order chi connectivity index (χ0) is 4.41. The van der Waals surface area contributed by atoms with Crippen LogP contribution in [-0.4, -0.2) is 27.5 Å². The van der Waals surface area contributed by atoms with E-state index in [0.717, 1.165) is 0 Å². The van der Waals surface area contributed by atoms with Gasteiger partial charge in [0.2, 0.25) is 0 Å². The zero-order valence-electron chi connectivity index (χ0n) is 3.09. The average Bonchev–Trinajstić information content (AvgIpc) is 1.86. The van der Waals surface area contributed by atoms with E-state index in [1.807, 2.05) is 11.7 Å². The third-order valence-electron chi connectivity index (χ3n) is 0.451. The summed E-state index contributed by atoms with van der Waals surface area (Å²) < 4.78 is 1.40. The van der Waals surface area contributed by atoms with Gasteiger partial charge in [0.25, 0.3) is 0 Å². The van der Waals surface area contributed by atoms with E-state index in [1.165, 1.54) is 25.4 Å². The standard InChI is InChI=1S/C3H2NS.Sn.H/c1-2-5-3-4-1;;/h1,3H;;. The predicted octanol–water partition coefficient (Wildman–Crippen LogP) is -0.331. The number of hydrogen-bond donors (Lipinski definition) is 0. The van der Waals surface area contributed by atoms with E-state index in [0.29, 0.717) is 0 Å². The van der Waals surface area contributed by atoms with Crippen molar-refractivity contribution in [1.29, 1.82) is 0 Å². The molecular formula is C3H3NSSn. The van der Waals surface area contributed by atoms with Crippen LogP contribution in [0.3, 0.4) is 0 Å². The summed E-state index contributed by atoms with van der Waals surface area (Å²) in [7, 11) is 0. The molecule has 0 saturated carbocycles. The van der Waals surface area contributed by atoms with Gasteiger partial charge in [-0.1, -0.05) is 0 Å². The molecule has 6 heavy (non-hydrogen) atoms. The quantitative estimate of drug-likeness (QED) is 0.527. The normalized spacial score (nSPS) is 8.83. The summed E-state index contributed by atoms with van der Waals surface area (Å²) in [5.74, 6) is 0. The average molecular weight is 204 g/mol. The molecule has 0 atom stereocenters. The van der Waals surface area contributed by atoms with Gasteiger partial charge >= 0.3 is 53.4 Å². The van der Waals surface area contributed by atoms with Crippen LogP contribution in [0.1, 0.15) is 0 Å². The molecule has 0 bridgehead atoms. The summed E-state index contributed by atoms with van der Waals surface area (Å²) in [5, 5.41) is 0. The van der Waals surface area contributed by atoms with E-state index in [1.54, 1.807) is 11.3 Å². The number of hydrogen-bond acceptors (Lipinski definition) is 2. The first kappa shape index (κ1) is 4.58. The van der Waals surface area contributed by atoms with Crippen molar-refractivity contribution in [3.8, 4) is 0 Å². The Balaban J connectivity index is 3.05. The van der Waals surface area contributed by atoms with Gasteiger partial charge in [-0.05, 0) is 0 Å². The minimum absolute atomic E-state index is 1.21. The van der Waals surface area contributed by atoms with E-state index >= 15 is 0 Å². The number of rotatable bonds is 0. The molecular weight excluding hydrogens is 201 g/mol. The second kappa shape index (κ2) is 1.93. The molecule has 3 heteroatoms. The molecule has 1 aromatic heterocycles. The molecule has 0 amide bonds. The van der Waals surface area contributed by atoms with E-state index in [4.69, 9.17) is 0 Å². The number of aromatic nitrogens is 1. The van der Waals surface area contributed by atoms with E-state index in [2.05, 4.69) is 4.98 Å². The van der Waals surface area contributed by atoms with Crippen molar-refractivity contribution in [1.82, 2.24) is 4.98 Å². The van der Waals surface area contributed by atoms with Crippen LogP contribution < -0.4 is 2.89 Å². The molecule has 1 heterocycles. The van der Waals surface area contributed by atoms with Gasteiger partial charge in [0, 0.05) is 0 Å². The van der Waals surface area contributed by atoms with Crippen LogP contribution in [0.5, 0.6) is 0 Å². The van der Waals surface area contributed by atoms with Crippen LogP contribution in [0.4, 0.5) is 0 Å². The molecule has 1 nitrogen and oxygen atoms in total. The fourth-order valence-electron chi connectivity index (χ4n) is 0.226. The second-order valence-electron chi connectivity index (χ2n) is 0.904. The van der Waals surface area contributed by atoms with Crippen molar-refractivity contribution >= 4 is 36.8 Å². The van der Waals surface area contributed by atoms with Gasteiger partial charge in [-0.3, -0.25) is 0 Å². The topological polar surface area (TPSA) is 12.9 Å². The summed E-state index contributed by atoms with van der Waals surface area (Å²) in [6.07, 6.45) is 1.91. The third-order valence-corrected chi connectivity index (χ3v) is 2.65. The summed E-state index contributed by atoms with van der Waals surface area (Å²) in [4.78, 5) is 3.87. The first-order valence-corrected chi connectivity index (χ1v) is 4.06. The molecule has 0 aliphatic carbocycles. The van der Waals surface area contributed by atoms with Gasteiger partial charge in [-0.15, -0.1) is 0 Å². The molecule has 2 radical (unpaired) electrons. The van der Waals surface area contributed by atoms with E-state index in [-0.39, 0.29) is 0 Å². The molecule has 0 N–H and O–H groups in total. The maximum absolute atomic E-state index is 3.87. The molecule has 1 aromatic rings. The van der Waals surface area contributed by atoms with Crippen molar-refractivity contribution in [2.75, 3.05) is 0 Å². The minimum atomic E-state index is 1.21. The fourth-order valence-corrected chi connectivity index (χ4v) is 1.36. The molecule has 0 saturated heterocycles. The van der Waals surface area contributed by atoms with E-state index in [9.17, 15) is 0 Å². The van der Waals surface area contributed by atoms with Crippen molar-refractivity contribution in [2.45, 2.75) is 0 Å². The molecule has 0 aliphatic rings. The van der Waals surface area contributed by atoms with Crippen molar-refractivity contribution in [2.24, 2.45) is 0 Å². The molecule has 0 spiro atoms. The Bertz CT molecular complexity index is 114. The molecule has 30 valence electrons. The second-order valence-corrected chi connectivity index (χ2v) is 4.79. The summed E-state index contributed by atoms with van der Waals surface area (Å²) in [6.45, 7) is 0. The molecule has 0 unspecified atom stereocenters. The zero-order valence-corrected chi connectivity index (χ0v) is 7.20. The van der Waals surface area contributed by atoms with Gasteiger partial charge in [-0.25, -0.2) is 0 Å². The van der Waals surface area contributed by atoms with Gasteiger partial charge in [0.15, 0.2) is 0 Å². The Hall–Kier alpha value is 0.429. The third kappa shape index (κ3) is 0.943. The van der Waals surface area contributed by atoms with Gasteiger partial charge in [-0.2, -0.15) is 0 Å². The summed E-state index contributed by atoms with van der Waals surface area (Å²) in [6, 6.07) is 0. The van der Waals surface area contributed by atoms with Crippen molar-refractivity contribution < 1.29 is 0 Å². The van der Waals surface area contributed by atoms with Gasteiger partial charge in [0.1, 0.15) is 0 Å². The molecule has 0 aliphatic heterocycles. The SMILES string of the molecule is [SnH][c]1cncs1. The number of nitrogens with zero attached hydrogens (tertiary/aromatic N) is 1.